The first-order chi connectivity index (χ1) is 12.7. The number of halogens is 4. The number of hydrogen-bond donors (Lipinski definition) is 1. The smallest absolute Gasteiger partial charge is 0.416 e. The van der Waals surface area contributed by atoms with Gasteiger partial charge in [0.25, 0.3) is 0 Å². The van der Waals surface area contributed by atoms with E-state index in [9.17, 15) is 18.0 Å². The summed E-state index contributed by atoms with van der Waals surface area (Å²) in [6.07, 6.45) is -4.59. The Balaban J connectivity index is 2.12. The number of rotatable bonds is 5. The van der Waals surface area contributed by atoms with E-state index in [1.165, 1.54) is 29.0 Å². The molecule has 0 amide bonds. The molecule has 0 atom stereocenters. The van der Waals surface area contributed by atoms with E-state index in [1.54, 1.807) is 19.1 Å². The minimum absolute atomic E-state index is 0.00234. The zero-order valence-corrected chi connectivity index (χ0v) is 14.9. The van der Waals surface area contributed by atoms with E-state index < -0.39 is 17.7 Å². The molecule has 0 spiro atoms. The Kier molecular flexibility index (Phi) is 5.06. The van der Waals surface area contributed by atoms with Gasteiger partial charge < -0.3 is 9.94 Å². The van der Waals surface area contributed by atoms with Crippen LogP contribution in [0.2, 0.25) is 5.02 Å². The average Bonchev–Trinajstić information content (AvgIpc) is 2.92. The van der Waals surface area contributed by atoms with Crippen molar-refractivity contribution in [2.75, 3.05) is 6.61 Å². The molecular formula is C19H15ClF3NO3. The van der Waals surface area contributed by atoms with Gasteiger partial charge in [0.15, 0.2) is 0 Å². The summed E-state index contributed by atoms with van der Waals surface area (Å²) < 4.78 is 41.5. The highest BCUT2D eigenvalue weighted by Crippen LogP contribution is 2.35. The predicted octanol–water partition coefficient (Wildman–Crippen LogP) is 5.05. The number of carboxylic acid groups (broad SMARTS) is 1. The molecule has 0 bridgehead atoms. The number of carbonyl (C=O) groups is 1. The number of nitrogens with zero attached hydrogens (tertiary/aromatic N) is 1. The minimum Gasteiger partial charge on any atom is -0.478 e. The lowest BCUT2D eigenvalue weighted by Crippen LogP contribution is -2.15. The van der Waals surface area contributed by atoms with Crippen molar-refractivity contribution in [3.05, 3.63) is 69.9 Å². The van der Waals surface area contributed by atoms with Gasteiger partial charge in [-0.25, -0.2) is 4.79 Å². The third kappa shape index (κ3) is 3.88. The summed E-state index contributed by atoms with van der Waals surface area (Å²) in [6, 6.07) is 9.73. The van der Waals surface area contributed by atoms with Gasteiger partial charge in [-0.15, -0.1) is 0 Å². The minimum atomic E-state index is -4.54. The normalized spacial score (nSPS) is 11.7. The second-order valence-corrected chi connectivity index (χ2v) is 6.34. The molecule has 27 heavy (non-hydrogen) atoms. The molecule has 2 aromatic carbocycles. The topological polar surface area (TPSA) is 51.5 Å². The zero-order chi connectivity index (χ0) is 19.8. The van der Waals surface area contributed by atoms with E-state index in [0.717, 1.165) is 6.07 Å². The molecule has 1 N–H and O–H groups in total. The van der Waals surface area contributed by atoms with Gasteiger partial charge in [0, 0.05) is 16.8 Å². The summed E-state index contributed by atoms with van der Waals surface area (Å²) in [4.78, 5) is 16.7. The molecule has 0 saturated heterocycles. The van der Waals surface area contributed by atoms with Crippen molar-refractivity contribution < 1.29 is 27.9 Å². The molecule has 0 saturated carbocycles. The third-order valence-corrected chi connectivity index (χ3v) is 4.32. The summed E-state index contributed by atoms with van der Waals surface area (Å²) in [7, 11) is 0. The monoisotopic (exact) mass is 397 g/mol. The van der Waals surface area contributed by atoms with Crippen LogP contribution in [0.15, 0.2) is 42.5 Å². The maximum absolute atomic E-state index is 13.4. The lowest BCUT2D eigenvalue weighted by atomic mass is 10.0. The van der Waals surface area contributed by atoms with Crippen molar-refractivity contribution in [2.45, 2.75) is 19.5 Å². The summed E-state index contributed by atoms with van der Waals surface area (Å²) in [5.74, 6) is -1.08. The molecule has 3 aromatic rings. The van der Waals surface area contributed by atoms with Gasteiger partial charge >= 0.3 is 12.1 Å². The fraction of sp³-hybridized carbons (Fsp3) is 0.211. The summed E-state index contributed by atoms with van der Waals surface area (Å²) in [6.45, 7) is 2.05. The Morgan fingerprint density at radius 3 is 2.56 bits per heavy atom. The van der Waals surface area contributed by atoms with Crippen LogP contribution in [0.5, 0.6) is 0 Å². The first kappa shape index (κ1) is 19.1. The van der Waals surface area contributed by atoms with Gasteiger partial charge in [-0.1, -0.05) is 17.7 Å². The number of fused-ring (bicyclic) bond motifs is 1. The fourth-order valence-electron chi connectivity index (χ4n) is 2.95. The van der Waals surface area contributed by atoms with Gasteiger partial charge in [-0.3, -0.25) is 0 Å². The van der Waals surface area contributed by atoms with E-state index in [0.29, 0.717) is 23.2 Å². The van der Waals surface area contributed by atoms with Crippen LogP contribution in [-0.2, 0) is 12.6 Å². The van der Waals surface area contributed by atoms with Crippen molar-refractivity contribution in [1.29, 1.82) is 0 Å². The standard InChI is InChI=1S/C19H15ClF3NO3/c1-2-27-24-15(9-13-7-12(18(25)26)4-6-17(13)24)8-11-3-5-14(20)10-16(11)19(21,22)23/h3-7,9-10H,2,8H2,1H3,(H,25,26). The first-order valence-electron chi connectivity index (χ1n) is 8.07. The molecule has 142 valence electrons. The van der Waals surface area contributed by atoms with Crippen LogP contribution >= 0.6 is 11.6 Å². The van der Waals surface area contributed by atoms with Crippen LogP contribution in [0, 0.1) is 0 Å². The molecule has 1 aromatic heterocycles. The molecule has 4 nitrogen and oxygen atoms in total. The molecule has 0 fully saturated rings. The number of benzene rings is 2. The van der Waals surface area contributed by atoms with Crippen molar-refractivity contribution in [3.63, 3.8) is 0 Å². The predicted molar refractivity (Wildman–Crippen MR) is 95.3 cm³/mol. The lowest BCUT2D eigenvalue weighted by molar-refractivity contribution is -0.138. The molecule has 0 aliphatic heterocycles. The van der Waals surface area contributed by atoms with Gasteiger partial charge in [-0.2, -0.15) is 17.9 Å². The molecular weight excluding hydrogens is 383 g/mol. The molecule has 0 radical (unpaired) electrons. The van der Waals surface area contributed by atoms with Crippen LogP contribution in [0.4, 0.5) is 13.2 Å². The van der Waals surface area contributed by atoms with Crippen LogP contribution in [0.25, 0.3) is 10.9 Å². The van der Waals surface area contributed by atoms with Gasteiger partial charge in [-0.05, 0) is 48.9 Å². The van der Waals surface area contributed by atoms with Crippen LogP contribution in [0.3, 0.4) is 0 Å². The quantitative estimate of drug-likeness (QED) is 0.655. The summed E-state index contributed by atoms with van der Waals surface area (Å²) in [5, 5.41) is 9.71. The van der Waals surface area contributed by atoms with E-state index >= 15 is 0 Å². The summed E-state index contributed by atoms with van der Waals surface area (Å²) in [5.41, 5.74) is 0.385. The Morgan fingerprint density at radius 2 is 1.93 bits per heavy atom. The highest BCUT2D eigenvalue weighted by molar-refractivity contribution is 6.30. The molecule has 0 aliphatic carbocycles. The number of aromatic carboxylic acids is 1. The van der Waals surface area contributed by atoms with Gasteiger partial charge in [0.05, 0.1) is 22.3 Å². The van der Waals surface area contributed by atoms with Crippen LogP contribution in [-0.4, -0.2) is 22.4 Å². The SMILES string of the molecule is CCOn1c(Cc2ccc(Cl)cc2C(F)(F)F)cc2cc(C(=O)O)ccc21. The number of hydrogen-bond acceptors (Lipinski definition) is 2. The molecule has 1 heterocycles. The van der Waals surface area contributed by atoms with Gasteiger partial charge in [0.2, 0.25) is 0 Å². The van der Waals surface area contributed by atoms with Crippen molar-refractivity contribution in [3.8, 4) is 0 Å². The number of alkyl halides is 3. The summed E-state index contributed by atoms with van der Waals surface area (Å²) >= 11 is 5.73. The second-order valence-electron chi connectivity index (χ2n) is 5.90. The van der Waals surface area contributed by atoms with E-state index in [4.69, 9.17) is 21.5 Å². The molecule has 8 heteroatoms. The Hall–Kier alpha value is -2.67. The number of carboxylic acids is 1. The maximum atomic E-state index is 13.4. The lowest BCUT2D eigenvalue weighted by Gasteiger charge is -2.15. The fourth-order valence-corrected chi connectivity index (χ4v) is 3.12. The average molecular weight is 398 g/mol. The van der Waals surface area contributed by atoms with Crippen molar-refractivity contribution in [1.82, 2.24) is 4.73 Å². The zero-order valence-electron chi connectivity index (χ0n) is 14.2. The van der Waals surface area contributed by atoms with Gasteiger partial charge in [0.1, 0.15) is 6.61 Å². The Morgan fingerprint density at radius 1 is 1.19 bits per heavy atom. The molecule has 0 aliphatic rings. The molecule has 0 unspecified atom stereocenters. The van der Waals surface area contributed by atoms with Crippen molar-refractivity contribution >= 4 is 28.5 Å². The largest absolute Gasteiger partial charge is 0.478 e. The van der Waals surface area contributed by atoms with E-state index in [1.807, 2.05) is 0 Å². The second kappa shape index (κ2) is 7.15. The first-order valence-corrected chi connectivity index (χ1v) is 8.45. The van der Waals surface area contributed by atoms with Crippen LogP contribution in [0.1, 0.15) is 34.1 Å². The van der Waals surface area contributed by atoms with E-state index in [-0.39, 0.29) is 22.6 Å². The Labute approximate surface area is 157 Å². The number of aromatic nitrogens is 1. The van der Waals surface area contributed by atoms with E-state index in [2.05, 4.69) is 0 Å². The van der Waals surface area contributed by atoms with Crippen LogP contribution < -0.4 is 4.84 Å². The van der Waals surface area contributed by atoms with Crippen molar-refractivity contribution in [2.24, 2.45) is 0 Å². The molecule has 3 rings (SSSR count). The highest BCUT2D eigenvalue weighted by atomic mass is 35.5. The Bertz CT molecular complexity index is 1010. The third-order valence-electron chi connectivity index (χ3n) is 4.08. The maximum Gasteiger partial charge on any atom is 0.416 e. The highest BCUT2D eigenvalue weighted by Gasteiger charge is 2.33.